The average Bonchev–Trinajstić information content (AvgIpc) is 2.70. The van der Waals surface area contributed by atoms with Gasteiger partial charge >= 0.3 is 5.97 Å². The molecule has 0 aromatic heterocycles. The summed E-state index contributed by atoms with van der Waals surface area (Å²) in [5.41, 5.74) is 3.10. The molecular weight excluding hydrogens is 266 g/mol. The van der Waals surface area contributed by atoms with Crippen LogP contribution >= 0.6 is 0 Å². The van der Waals surface area contributed by atoms with Crippen molar-refractivity contribution >= 4 is 11.9 Å². The first kappa shape index (κ1) is 15.5. The molecule has 0 saturated carbocycles. The molecule has 1 aliphatic heterocycles. The standard InChI is InChI=1S/C17H23NO3/c1-10(2)9-18-15(19)8-14(17(20)21)16(18)13-7-11(3)5-6-12(13)4/h5-7,10,14,16H,8-9H2,1-4H3,(H,20,21). The third-order valence-corrected chi connectivity index (χ3v) is 4.06. The molecule has 0 aliphatic carbocycles. The molecule has 1 aromatic carbocycles. The van der Waals surface area contributed by atoms with Gasteiger partial charge in [-0.2, -0.15) is 0 Å². The fourth-order valence-corrected chi connectivity index (χ4v) is 3.08. The number of hydrogen-bond donors (Lipinski definition) is 1. The third kappa shape index (κ3) is 3.09. The molecule has 1 amide bonds. The van der Waals surface area contributed by atoms with E-state index in [0.717, 1.165) is 16.7 Å². The molecule has 0 spiro atoms. The Morgan fingerprint density at radius 1 is 1.38 bits per heavy atom. The van der Waals surface area contributed by atoms with E-state index in [1.54, 1.807) is 4.90 Å². The van der Waals surface area contributed by atoms with Gasteiger partial charge in [0.15, 0.2) is 0 Å². The number of rotatable bonds is 4. The number of carbonyl (C=O) groups excluding carboxylic acids is 1. The molecule has 4 nitrogen and oxygen atoms in total. The minimum atomic E-state index is -0.888. The number of carbonyl (C=O) groups is 2. The summed E-state index contributed by atoms with van der Waals surface area (Å²) in [5.74, 6) is -1.28. The van der Waals surface area contributed by atoms with Gasteiger partial charge in [-0.05, 0) is 30.9 Å². The second-order valence-electron chi connectivity index (χ2n) is 6.39. The van der Waals surface area contributed by atoms with E-state index >= 15 is 0 Å². The maximum absolute atomic E-state index is 12.3. The molecule has 114 valence electrons. The molecule has 2 unspecified atom stereocenters. The molecule has 4 heteroatoms. The first-order valence-corrected chi connectivity index (χ1v) is 7.40. The molecule has 1 N–H and O–H groups in total. The summed E-state index contributed by atoms with van der Waals surface area (Å²) in [6, 6.07) is 5.68. The van der Waals surface area contributed by atoms with Crippen molar-refractivity contribution in [2.75, 3.05) is 6.54 Å². The van der Waals surface area contributed by atoms with Crippen molar-refractivity contribution in [2.24, 2.45) is 11.8 Å². The van der Waals surface area contributed by atoms with E-state index in [2.05, 4.69) is 0 Å². The van der Waals surface area contributed by atoms with Crippen LogP contribution in [0.25, 0.3) is 0 Å². The lowest BCUT2D eigenvalue weighted by Gasteiger charge is -2.30. The molecule has 21 heavy (non-hydrogen) atoms. The van der Waals surface area contributed by atoms with Crippen molar-refractivity contribution in [3.8, 4) is 0 Å². The number of aryl methyl sites for hydroxylation is 2. The van der Waals surface area contributed by atoms with E-state index in [4.69, 9.17) is 0 Å². The molecule has 0 bridgehead atoms. The van der Waals surface area contributed by atoms with Gasteiger partial charge in [0.05, 0.1) is 12.0 Å². The summed E-state index contributed by atoms with van der Waals surface area (Å²) < 4.78 is 0. The van der Waals surface area contributed by atoms with Crippen LogP contribution < -0.4 is 0 Å². The Kier molecular flexibility index (Phi) is 4.35. The zero-order valence-corrected chi connectivity index (χ0v) is 13.1. The van der Waals surface area contributed by atoms with Gasteiger partial charge in [-0.3, -0.25) is 9.59 Å². The Morgan fingerprint density at radius 2 is 2.05 bits per heavy atom. The highest BCUT2D eigenvalue weighted by atomic mass is 16.4. The maximum Gasteiger partial charge on any atom is 0.309 e. The number of nitrogens with zero attached hydrogens (tertiary/aromatic N) is 1. The van der Waals surface area contributed by atoms with Gasteiger partial charge in [-0.1, -0.05) is 37.6 Å². The van der Waals surface area contributed by atoms with Crippen LogP contribution in [0.4, 0.5) is 0 Å². The van der Waals surface area contributed by atoms with E-state index in [1.165, 1.54) is 0 Å². The van der Waals surface area contributed by atoms with Gasteiger partial charge in [0, 0.05) is 13.0 Å². The lowest BCUT2D eigenvalue weighted by atomic mass is 9.89. The highest BCUT2D eigenvalue weighted by Gasteiger charge is 2.45. The highest BCUT2D eigenvalue weighted by molar-refractivity contribution is 5.87. The van der Waals surface area contributed by atoms with Crippen LogP contribution in [0.5, 0.6) is 0 Å². The summed E-state index contributed by atoms with van der Waals surface area (Å²) in [6.07, 6.45) is 0.0973. The number of benzene rings is 1. The first-order chi connectivity index (χ1) is 9.81. The molecule has 2 atom stereocenters. The van der Waals surface area contributed by atoms with Crippen molar-refractivity contribution in [2.45, 2.75) is 40.2 Å². The van der Waals surface area contributed by atoms with Crippen LogP contribution in [0.1, 0.15) is 43.0 Å². The highest BCUT2D eigenvalue weighted by Crippen LogP contribution is 2.40. The van der Waals surface area contributed by atoms with Gasteiger partial charge in [0.2, 0.25) is 5.91 Å². The predicted molar refractivity (Wildman–Crippen MR) is 81.0 cm³/mol. The maximum atomic E-state index is 12.3. The lowest BCUT2D eigenvalue weighted by Crippen LogP contribution is -2.34. The summed E-state index contributed by atoms with van der Waals surface area (Å²) in [7, 11) is 0. The zero-order chi connectivity index (χ0) is 15.7. The van der Waals surface area contributed by atoms with Gasteiger partial charge in [-0.25, -0.2) is 0 Å². The van der Waals surface area contributed by atoms with Crippen molar-refractivity contribution in [3.63, 3.8) is 0 Å². The number of amides is 1. The normalized spacial score (nSPS) is 22.1. The van der Waals surface area contributed by atoms with Gasteiger partial charge < -0.3 is 10.0 Å². The molecule has 1 fully saturated rings. The van der Waals surface area contributed by atoms with E-state index in [0.29, 0.717) is 12.5 Å². The van der Waals surface area contributed by atoms with Crippen molar-refractivity contribution in [1.82, 2.24) is 4.90 Å². The summed E-state index contributed by atoms with van der Waals surface area (Å²) in [5, 5.41) is 9.50. The second kappa shape index (κ2) is 5.88. The summed E-state index contributed by atoms with van der Waals surface area (Å²) in [6.45, 7) is 8.65. The zero-order valence-electron chi connectivity index (χ0n) is 13.1. The molecular formula is C17H23NO3. The minimum Gasteiger partial charge on any atom is -0.481 e. The number of carboxylic acids is 1. The van der Waals surface area contributed by atoms with Crippen LogP contribution in [-0.2, 0) is 9.59 Å². The van der Waals surface area contributed by atoms with Crippen molar-refractivity contribution < 1.29 is 14.7 Å². The molecule has 0 radical (unpaired) electrons. The molecule has 1 aromatic rings. The first-order valence-electron chi connectivity index (χ1n) is 7.40. The van der Waals surface area contributed by atoms with E-state index < -0.39 is 11.9 Å². The monoisotopic (exact) mass is 289 g/mol. The smallest absolute Gasteiger partial charge is 0.309 e. The molecule has 2 rings (SSSR count). The fraction of sp³-hybridized carbons (Fsp3) is 0.529. The lowest BCUT2D eigenvalue weighted by molar-refractivity contribution is -0.142. The Hall–Kier alpha value is -1.84. The topological polar surface area (TPSA) is 57.6 Å². The Bertz CT molecular complexity index is 565. The molecule has 1 heterocycles. The SMILES string of the molecule is Cc1ccc(C)c(C2C(C(=O)O)CC(=O)N2CC(C)C)c1. The number of aliphatic carboxylic acids is 1. The average molecular weight is 289 g/mol. The van der Waals surface area contributed by atoms with E-state index in [-0.39, 0.29) is 18.4 Å². The van der Waals surface area contributed by atoms with E-state index in [1.807, 2.05) is 45.9 Å². The van der Waals surface area contributed by atoms with Gasteiger partial charge in [0.1, 0.15) is 0 Å². The minimum absolute atomic E-state index is 0.0537. The molecule has 1 saturated heterocycles. The number of carboxylic acid groups (broad SMARTS) is 1. The fourth-order valence-electron chi connectivity index (χ4n) is 3.08. The predicted octanol–water partition coefficient (Wildman–Crippen LogP) is 2.93. The Balaban J connectivity index is 2.48. The second-order valence-corrected chi connectivity index (χ2v) is 6.39. The van der Waals surface area contributed by atoms with Crippen LogP contribution in [0, 0.1) is 25.7 Å². The van der Waals surface area contributed by atoms with Crippen molar-refractivity contribution in [1.29, 1.82) is 0 Å². The van der Waals surface area contributed by atoms with Gasteiger partial charge in [0.25, 0.3) is 0 Å². The van der Waals surface area contributed by atoms with Crippen LogP contribution in [0.3, 0.4) is 0 Å². The summed E-state index contributed by atoms with van der Waals surface area (Å²) >= 11 is 0. The Morgan fingerprint density at radius 3 is 2.62 bits per heavy atom. The third-order valence-electron chi connectivity index (χ3n) is 4.06. The van der Waals surface area contributed by atoms with Crippen molar-refractivity contribution in [3.05, 3.63) is 34.9 Å². The van der Waals surface area contributed by atoms with Crippen LogP contribution in [0.15, 0.2) is 18.2 Å². The van der Waals surface area contributed by atoms with Crippen LogP contribution in [0.2, 0.25) is 0 Å². The Labute approximate surface area is 125 Å². The number of hydrogen-bond acceptors (Lipinski definition) is 2. The van der Waals surface area contributed by atoms with Gasteiger partial charge in [-0.15, -0.1) is 0 Å². The largest absolute Gasteiger partial charge is 0.481 e. The quantitative estimate of drug-likeness (QED) is 0.927. The summed E-state index contributed by atoms with van der Waals surface area (Å²) in [4.78, 5) is 25.6. The van der Waals surface area contributed by atoms with Crippen LogP contribution in [-0.4, -0.2) is 28.4 Å². The molecule has 1 aliphatic rings. The van der Waals surface area contributed by atoms with E-state index in [9.17, 15) is 14.7 Å². The number of likely N-dealkylation sites (tertiary alicyclic amines) is 1.